The lowest BCUT2D eigenvalue weighted by Gasteiger charge is -2.24. The van der Waals surface area contributed by atoms with Crippen LogP contribution < -0.4 is 5.32 Å². The molecule has 1 fully saturated rings. The maximum atomic E-state index is 12.4. The quantitative estimate of drug-likeness (QED) is 0.686. The third kappa shape index (κ3) is 5.03. The Labute approximate surface area is 127 Å². The van der Waals surface area contributed by atoms with Crippen LogP contribution >= 0.6 is 0 Å². The van der Waals surface area contributed by atoms with Gasteiger partial charge in [0.25, 0.3) is 10.2 Å². The fraction of sp³-hybridized carbons (Fsp3) is 0.643. The minimum atomic E-state index is -3.42. The van der Waals surface area contributed by atoms with Gasteiger partial charge in [0.15, 0.2) is 0 Å². The fourth-order valence-electron chi connectivity index (χ4n) is 2.05. The van der Waals surface area contributed by atoms with Crippen LogP contribution in [0.5, 0.6) is 0 Å². The van der Waals surface area contributed by atoms with Crippen LogP contribution in [0.4, 0.5) is 0 Å². The molecule has 1 heterocycles. The molecule has 0 bridgehead atoms. The van der Waals surface area contributed by atoms with Crippen molar-refractivity contribution in [2.75, 3.05) is 27.2 Å². The summed E-state index contributed by atoms with van der Waals surface area (Å²) in [5.74, 6) is 0. The monoisotopic (exact) mass is 312 g/mol. The Hall–Kier alpha value is -1.02. The zero-order valence-corrected chi connectivity index (χ0v) is 13.5. The van der Waals surface area contributed by atoms with Gasteiger partial charge < -0.3 is 5.32 Å². The van der Waals surface area contributed by atoms with Crippen molar-refractivity contribution < 1.29 is 8.42 Å². The third-order valence-corrected chi connectivity index (χ3v) is 5.45. The van der Waals surface area contributed by atoms with Gasteiger partial charge in [-0.2, -0.15) is 17.0 Å². The van der Waals surface area contributed by atoms with E-state index in [0.717, 1.165) is 18.7 Å². The third-order valence-electron chi connectivity index (χ3n) is 3.56. The van der Waals surface area contributed by atoms with Crippen molar-refractivity contribution in [2.45, 2.75) is 31.8 Å². The molecular formula is C14H24N4O2S. The summed E-state index contributed by atoms with van der Waals surface area (Å²) in [6.07, 6.45) is 4.99. The Kier molecular flexibility index (Phi) is 5.69. The van der Waals surface area contributed by atoms with E-state index in [1.807, 2.05) is 18.2 Å². The minimum absolute atomic E-state index is 0.286. The van der Waals surface area contributed by atoms with E-state index in [2.05, 4.69) is 10.3 Å². The highest BCUT2D eigenvalue weighted by atomic mass is 32.2. The summed E-state index contributed by atoms with van der Waals surface area (Å²) < 4.78 is 27.5. The highest BCUT2D eigenvalue weighted by molar-refractivity contribution is 7.86. The molecule has 2 rings (SSSR count). The van der Waals surface area contributed by atoms with Crippen LogP contribution in [0.3, 0.4) is 0 Å². The first-order chi connectivity index (χ1) is 10.00. The van der Waals surface area contributed by atoms with Gasteiger partial charge in [-0.05, 0) is 37.9 Å². The fourth-order valence-corrected chi connectivity index (χ4v) is 3.18. The number of hydrogen-bond donors (Lipinski definition) is 1. The average Bonchev–Trinajstić information content (AvgIpc) is 3.28. The van der Waals surface area contributed by atoms with Gasteiger partial charge in [-0.25, -0.2) is 0 Å². The summed E-state index contributed by atoms with van der Waals surface area (Å²) in [6.45, 7) is 1.68. The molecule has 21 heavy (non-hydrogen) atoms. The maximum Gasteiger partial charge on any atom is 0.281 e. The van der Waals surface area contributed by atoms with Crippen LogP contribution in [0, 0.1) is 0 Å². The second kappa shape index (κ2) is 7.31. The topological polar surface area (TPSA) is 65.5 Å². The molecule has 1 saturated carbocycles. The number of hydrogen-bond acceptors (Lipinski definition) is 4. The first-order valence-corrected chi connectivity index (χ1v) is 8.71. The number of nitrogens with one attached hydrogen (secondary N) is 1. The molecule has 0 amide bonds. The van der Waals surface area contributed by atoms with E-state index in [4.69, 9.17) is 0 Å². The lowest BCUT2D eigenvalue weighted by atomic mass is 10.3. The van der Waals surface area contributed by atoms with Crippen molar-refractivity contribution >= 4 is 10.2 Å². The van der Waals surface area contributed by atoms with Gasteiger partial charge in [-0.15, -0.1) is 0 Å². The SMILES string of the molecule is CN(CCCNC1CC1)S(=O)(=O)N(C)Cc1ccccn1. The predicted octanol–water partition coefficient (Wildman–Crippen LogP) is 0.832. The van der Waals surface area contributed by atoms with E-state index in [1.165, 1.54) is 21.5 Å². The lowest BCUT2D eigenvalue weighted by molar-refractivity contribution is 0.382. The lowest BCUT2D eigenvalue weighted by Crippen LogP contribution is -2.40. The Morgan fingerprint density at radius 3 is 2.67 bits per heavy atom. The molecule has 0 radical (unpaired) electrons. The summed E-state index contributed by atoms with van der Waals surface area (Å²) in [5, 5.41) is 3.39. The molecule has 0 saturated heterocycles. The Bertz CT molecular complexity index is 531. The van der Waals surface area contributed by atoms with Crippen molar-refractivity contribution in [3.8, 4) is 0 Å². The van der Waals surface area contributed by atoms with Gasteiger partial charge in [0.2, 0.25) is 0 Å². The van der Waals surface area contributed by atoms with Crippen LogP contribution in [0.15, 0.2) is 24.4 Å². The predicted molar refractivity (Wildman–Crippen MR) is 82.9 cm³/mol. The van der Waals surface area contributed by atoms with E-state index in [0.29, 0.717) is 12.6 Å². The molecular weight excluding hydrogens is 288 g/mol. The van der Waals surface area contributed by atoms with Crippen LogP contribution in [-0.2, 0) is 16.8 Å². The normalized spacial score (nSPS) is 15.8. The molecule has 1 aromatic rings. The maximum absolute atomic E-state index is 12.4. The van der Waals surface area contributed by atoms with Gasteiger partial charge in [0, 0.05) is 32.9 Å². The molecule has 0 aromatic carbocycles. The van der Waals surface area contributed by atoms with Crippen molar-refractivity contribution in [1.82, 2.24) is 18.9 Å². The van der Waals surface area contributed by atoms with Gasteiger partial charge >= 0.3 is 0 Å². The smallest absolute Gasteiger partial charge is 0.281 e. The van der Waals surface area contributed by atoms with Gasteiger partial charge in [-0.3, -0.25) is 4.98 Å². The zero-order valence-electron chi connectivity index (χ0n) is 12.7. The highest BCUT2D eigenvalue weighted by Crippen LogP contribution is 2.18. The molecule has 0 unspecified atom stereocenters. The highest BCUT2D eigenvalue weighted by Gasteiger charge is 2.24. The van der Waals surface area contributed by atoms with Crippen molar-refractivity contribution in [1.29, 1.82) is 0 Å². The molecule has 0 spiro atoms. The van der Waals surface area contributed by atoms with Crippen LogP contribution in [0.2, 0.25) is 0 Å². The molecule has 0 atom stereocenters. The first kappa shape index (κ1) is 16.4. The van der Waals surface area contributed by atoms with E-state index < -0.39 is 10.2 Å². The Morgan fingerprint density at radius 1 is 1.29 bits per heavy atom. The summed E-state index contributed by atoms with van der Waals surface area (Å²) in [5.41, 5.74) is 0.743. The molecule has 1 aliphatic carbocycles. The average molecular weight is 312 g/mol. The summed E-state index contributed by atoms with van der Waals surface area (Å²) in [7, 11) is -0.211. The molecule has 118 valence electrons. The summed E-state index contributed by atoms with van der Waals surface area (Å²) in [4.78, 5) is 4.16. The molecule has 6 nitrogen and oxygen atoms in total. The van der Waals surface area contributed by atoms with Gasteiger partial charge in [-0.1, -0.05) is 6.07 Å². The second-order valence-corrected chi connectivity index (χ2v) is 7.63. The van der Waals surface area contributed by atoms with Crippen molar-refractivity contribution in [3.63, 3.8) is 0 Å². The Balaban J connectivity index is 1.80. The van der Waals surface area contributed by atoms with E-state index in [-0.39, 0.29) is 6.54 Å². The number of pyridine rings is 1. The molecule has 7 heteroatoms. The van der Waals surface area contributed by atoms with Crippen LogP contribution in [-0.4, -0.2) is 55.2 Å². The second-order valence-electron chi connectivity index (χ2n) is 5.49. The van der Waals surface area contributed by atoms with Gasteiger partial charge in [0.05, 0.1) is 12.2 Å². The first-order valence-electron chi connectivity index (χ1n) is 7.31. The van der Waals surface area contributed by atoms with Crippen LogP contribution in [0.25, 0.3) is 0 Å². The minimum Gasteiger partial charge on any atom is -0.314 e. The van der Waals surface area contributed by atoms with E-state index in [1.54, 1.807) is 20.3 Å². The van der Waals surface area contributed by atoms with Crippen LogP contribution in [0.1, 0.15) is 25.0 Å². The number of rotatable bonds is 9. The van der Waals surface area contributed by atoms with Crippen molar-refractivity contribution in [3.05, 3.63) is 30.1 Å². The largest absolute Gasteiger partial charge is 0.314 e. The molecule has 0 aliphatic heterocycles. The van der Waals surface area contributed by atoms with Crippen molar-refractivity contribution in [2.24, 2.45) is 0 Å². The molecule has 1 N–H and O–H groups in total. The zero-order chi connectivity index (χ0) is 15.3. The summed E-state index contributed by atoms with van der Waals surface area (Å²) in [6, 6.07) is 6.16. The van der Waals surface area contributed by atoms with E-state index >= 15 is 0 Å². The van der Waals surface area contributed by atoms with Gasteiger partial charge in [0.1, 0.15) is 0 Å². The summed E-state index contributed by atoms with van der Waals surface area (Å²) >= 11 is 0. The number of aromatic nitrogens is 1. The number of nitrogens with zero attached hydrogens (tertiary/aromatic N) is 3. The Morgan fingerprint density at radius 2 is 2.05 bits per heavy atom. The standard InChI is InChI=1S/C14H24N4O2S/c1-17(11-5-10-15-13-7-8-13)21(19,20)18(2)12-14-6-3-4-9-16-14/h3-4,6,9,13,15H,5,7-8,10-12H2,1-2H3. The van der Waals surface area contributed by atoms with E-state index in [9.17, 15) is 8.42 Å². The molecule has 1 aromatic heterocycles. The molecule has 1 aliphatic rings.